The number of nitrogens with zero attached hydrogens (tertiary/aromatic N) is 2. The van der Waals surface area contributed by atoms with Crippen molar-refractivity contribution in [3.63, 3.8) is 0 Å². The molecule has 2 atom stereocenters. The monoisotopic (exact) mass is 397 g/mol. The number of aromatic amines is 1. The molecule has 2 aliphatic rings. The zero-order chi connectivity index (χ0) is 20.1. The van der Waals surface area contributed by atoms with E-state index in [0.717, 1.165) is 50.8 Å². The molecule has 2 fully saturated rings. The van der Waals surface area contributed by atoms with Crippen molar-refractivity contribution in [2.45, 2.75) is 44.1 Å². The highest BCUT2D eigenvalue weighted by Gasteiger charge is 2.38. The normalized spacial score (nSPS) is 22.5. The smallest absolute Gasteiger partial charge is 0.294 e. The van der Waals surface area contributed by atoms with E-state index >= 15 is 0 Å². The molecule has 29 heavy (non-hydrogen) atoms. The number of aryl methyl sites for hydroxylation is 1. The summed E-state index contributed by atoms with van der Waals surface area (Å²) in [5, 5.41) is 12.4. The topological polar surface area (TPSA) is 93.3 Å². The average molecular weight is 398 g/mol. The number of benzene rings is 1. The van der Waals surface area contributed by atoms with Crippen LogP contribution in [-0.2, 0) is 6.42 Å². The first-order chi connectivity index (χ1) is 14.2. The number of hydrogen-bond donors (Lipinski definition) is 4. The van der Waals surface area contributed by atoms with Crippen LogP contribution in [0.25, 0.3) is 0 Å². The minimum atomic E-state index is -0.579. The number of hydroxylamine groups is 1. The van der Waals surface area contributed by atoms with Crippen molar-refractivity contribution in [3.05, 3.63) is 53.6 Å². The lowest BCUT2D eigenvalue weighted by Crippen LogP contribution is -2.38. The largest absolute Gasteiger partial charge is 0.348 e. The van der Waals surface area contributed by atoms with Gasteiger partial charge in [-0.05, 0) is 63.3 Å². The zero-order valence-electron chi connectivity index (χ0n) is 16.8. The predicted octanol–water partition coefficient (Wildman–Crippen LogP) is 2.32. The van der Waals surface area contributed by atoms with Crippen LogP contribution >= 0.6 is 0 Å². The number of piperidine rings is 1. The van der Waals surface area contributed by atoms with Crippen molar-refractivity contribution >= 4 is 5.91 Å². The molecule has 1 aromatic heterocycles. The Balaban J connectivity index is 1.09. The van der Waals surface area contributed by atoms with Gasteiger partial charge in [0.25, 0.3) is 5.91 Å². The first kappa shape index (κ1) is 20.1. The fourth-order valence-corrected chi connectivity index (χ4v) is 4.35. The quantitative estimate of drug-likeness (QED) is 0.385. The third-order valence-corrected chi connectivity index (χ3v) is 6.25. The highest BCUT2D eigenvalue weighted by Crippen LogP contribution is 2.40. The molecule has 1 aliphatic heterocycles. The molecule has 7 heteroatoms. The Labute approximate surface area is 171 Å². The van der Waals surface area contributed by atoms with E-state index in [1.165, 1.54) is 31.0 Å². The lowest BCUT2D eigenvalue weighted by molar-refractivity contribution is 0.0701. The molecule has 1 saturated heterocycles. The summed E-state index contributed by atoms with van der Waals surface area (Å²) in [7, 11) is 0. The van der Waals surface area contributed by atoms with Gasteiger partial charge in [0, 0.05) is 24.6 Å². The van der Waals surface area contributed by atoms with E-state index in [-0.39, 0.29) is 5.69 Å². The van der Waals surface area contributed by atoms with Crippen molar-refractivity contribution in [3.8, 4) is 0 Å². The highest BCUT2D eigenvalue weighted by atomic mass is 16.5. The maximum absolute atomic E-state index is 11.3. The third-order valence-electron chi connectivity index (χ3n) is 6.25. The number of amides is 1. The number of aromatic nitrogens is 2. The molecule has 4 rings (SSSR count). The summed E-state index contributed by atoms with van der Waals surface area (Å²) in [6.45, 7) is 4.52. The molecule has 0 radical (unpaired) electrons. The van der Waals surface area contributed by atoms with Crippen LogP contribution < -0.4 is 10.8 Å². The lowest BCUT2D eigenvalue weighted by Gasteiger charge is -2.32. The molecule has 0 spiro atoms. The summed E-state index contributed by atoms with van der Waals surface area (Å²) >= 11 is 0. The van der Waals surface area contributed by atoms with Gasteiger partial charge in [0.2, 0.25) is 0 Å². The van der Waals surface area contributed by atoms with E-state index in [4.69, 9.17) is 5.21 Å². The molecule has 0 bridgehead atoms. The van der Waals surface area contributed by atoms with E-state index in [9.17, 15) is 4.79 Å². The molecule has 2 heterocycles. The Morgan fingerprint density at radius 1 is 1.24 bits per heavy atom. The summed E-state index contributed by atoms with van der Waals surface area (Å²) in [5.41, 5.74) is 3.30. The molecular formula is C22H31N5O2. The van der Waals surface area contributed by atoms with E-state index < -0.39 is 5.91 Å². The molecular weight excluding hydrogens is 366 g/mol. The van der Waals surface area contributed by atoms with Crippen LogP contribution in [0.4, 0.5) is 0 Å². The van der Waals surface area contributed by atoms with Crippen LogP contribution in [0.2, 0.25) is 0 Å². The van der Waals surface area contributed by atoms with Crippen LogP contribution in [0.15, 0.2) is 36.5 Å². The fraction of sp³-hybridized carbons (Fsp3) is 0.545. The van der Waals surface area contributed by atoms with Gasteiger partial charge in [0.15, 0.2) is 0 Å². The Morgan fingerprint density at radius 3 is 2.79 bits per heavy atom. The lowest BCUT2D eigenvalue weighted by atomic mass is 9.96. The van der Waals surface area contributed by atoms with Crippen molar-refractivity contribution in [1.82, 2.24) is 25.7 Å². The second-order valence-corrected chi connectivity index (χ2v) is 8.33. The van der Waals surface area contributed by atoms with Crippen LogP contribution in [0, 0.1) is 5.92 Å². The molecule has 2 aromatic rings. The van der Waals surface area contributed by atoms with Crippen LogP contribution in [0.1, 0.15) is 53.5 Å². The van der Waals surface area contributed by atoms with Gasteiger partial charge in [-0.15, -0.1) is 0 Å². The molecule has 1 aromatic carbocycles. The first-order valence-corrected chi connectivity index (χ1v) is 10.7. The van der Waals surface area contributed by atoms with Gasteiger partial charge in [-0.1, -0.05) is 30.3 Å². The van der Waals surface area contributed by atoms with Crippen molar-refractivity contribution < 1.29 is 10.0 Å². The van der Waals surface area contributed by atoms with Crippen molar-refractivity contribution in [2.75, 3.05) is 26.2 Å². The summed E-state index contributed by atoms with van der Waals surface area (Å²) in [6.07, 6.45) is 7.15. The Bertz CT molecular complexity index is 786. The molecule has 1 amide bonds. The van der Waals surface area contributed by atoms with Crippen LogP contribution in [0.3, 0.4) is 0 Å². The van der Waals surface area contributed by atoms with E-state index in [2.05, 4.69) is 50.5 Å². The predicted molar refractivity (Wildman–Crippen MR) is 111 cm³/mol. The Morgan fingerprint density at radius 2 is 2.03 bits per heavy atom. The minimum Gasteiger partial charge on any atom is -0.348 e. The minimum absolute atomic E-state index is 0.223. The maximum Gasteiger partial charge on any atom is 0.294 e. The van der Waals surface area contributed by atoms with Crippen LogP contribution in [0.5, 0.6) is 0 Å². The summed E-state index contributed by atoms with van der Waals surface area (Å²) in [6, 6.07) is 11.5. The fourth-order valence-electron chi connectivity index (χ4n) is 4.35. The van der Waals surface area contributed by atoms with E-state index in [0.29, 0.717) is 12.0 Å². The maximum atomic E-state index is 11.3. The summed E-state index contributed by atoms with van der Waals surface area (Å²) in [5.74, 6) is 1.71. The highest BCUT2D eigenvalue weighted by molar-refractivity contribution is 5.91. The first-order valence-electron chi connectivity index (χ1n) is 10.7. The Hall–Kier alpha value is -2.22. The molecule has 4 N–H and O–H groups in total. The number of hydrogen-bond acceptors (Lipinski definition) is 5. The van der Waals surface area contributed by atoms with Gasteiger partial charge >= 0.3 is 0 Å². The van der Waals surface area contributed by atoms with Crippen molar-refractivity contribution in [2.24, 2.45) is 5.92 Å². The van der Waals surface area contributed by atoms with Gasteiger partial charge < -0.3 is 15.2 Å². The van der Waals surface area contributed by atoms with Gasteiger partial charge in [0.1, 0.15) is 11.5 Å². The Kier molecular flexibility index (Phi) is 6.59. The summed E-state index contributed by atoms with van der Waals surface area (Å²) < 4.78 is 0. The standard InChI is InChI=1S/C22H31N5O2/c28-22(26-29)20-15-24-21(25-20)7-4-10-27-11-8-16(9-12-27)14-23-19-13-18(19)17-5-2-1-3-6-17/h1-3,5-6,15-16,18-19,23,29H,4,7-14H2,(H,24,25)(H,26,28). The van der Waals surface area contributed by atoms with Gasteiger partial charge in [0.05, 0.1) is 0 Å². The number of carbonyl (C=O) groups excluding carboxylic acids is 1. The number of carbonyl (C=O) groups is 1. The third kappa shape index (κ3) is 5.44. The molecule has 1 aliphatic carbocycles. The second kappa shape index (κ2) is 9.52. The zero-order valence-corrected chi connectivity index (χ0v) is 16.8. The average Bonchev–Trinajstić information content (AvgIpc) is 3.40. The van der Waals surface area contributed by atoms with Gasteiger partial charge in [-0.25, -0.2) is 10.5 Å². The number of rotatable bonds is 9. The SMILES string of the molecule is O=C(NO)c1c[nH]c(CCCN2CCC(CNC3CC3c3ccccc3)CC2)n1. The van der Waals surface area contributed by atoms with Gasteiger partial charge in [-0.3, -0.25) is 10.0 Å². The number of nitrogens with one attached hydrogen (secondary N) is 3. The number of likely N-dealkylation sites (tertiary alicyclic amines) is 1. The van der Waals surface area contributed by atoms with E-state index in [1.54, 1.807) is 5.48 Å². The molecule has 156 valence electrons. The molecule has 2 unspecified atom stereocenters. The second-order valence-electron chi connectivity index (χ2n) is 8.33. The van der Waals surface area contributed by atoms with Gasteiger partial charge in [-0.2, -0.15) is 0 Å². The number of imidazole rings is 1. The molecule has 1 saturated carbocycles. The van der Waals surface area contributed by atoms with Crippen LogP contribution in [-0.4, -0.2) is 58.2 Å². The van der Waals surface area contributed by atoms with E-state index in [1.807, 2.05) is 0 Å². The molecule has 7 nitrogen and oxygen atoms in total. The number of H-pyrrole nitrogens is 1. The van der Waals surface area contributed by atoms with Crippen molar-refractivity contribution in [1.29, 1.82) is 0 Å². The summed E-state index contributed by atoms with van der Waals surface area (Å²) in [4.78, 5) is 21.0.